The van der Waals surface area contributed by atoms with Gasteiger partial charge in [0, 0.05) is 7.05 Å². The van der Waals surface area contributed by atoms with Crippen LogP contribution < -0.4 is 5.32 Å². The molecule has 3 N–H and O–H groups in total. The lowest BCUT2D eigenvalue weighted by atomic mass is 10.2. The van der Waals surface area contributed by atoms with Gasteiger partial charge in [0.05, 0.1) is 10.6 Å². The highest BCUT2D eigenvalue weighted by atomic mass is 35.5. The molecule has 0 spiro atoms. The van der Waals surface area contributed by atoms with E-state index in [2.05, 4.69) is 5.32 Å². The Morgan fingerprint density at radius 1 is 1.43 bits per heavy atom. The lowest BCUT2D eigenvalue weighted by molar-refractivity contribution is 0.0963. The third-order valence-corrected chi connectivity index (χ3v) is 1.68. The van der Waals surface area contributed by atoms with E-state index < -0.39 is 7.69 Å². The summed E-state index contributed by atoms with van der Waals surface area (Å²) in [6.07, 6.45) is 0. The largest absolute Gasteiger partial charge is 0.432 e. The molecule has 0 aromatic heterocycles. The highest BCUT2D eigenvalue weighted by Crippen LogP contribution is 2.13. The summed E-state index contributed by atoms with van der Waals surface area (Å²) in [5.74, 6) is -0.157. The predicted octanol–water partition coefficient (Wildman–Crippen LogP) is -0.0629. The third kappa shape index (κ3) is 4.27. The van der Waals surface area contributed by atoms with Crippen molar-refractivity contribution >= 4 is 25.2 Å². The van der Waals surface area contributed by atoms with E-state index in [-0.39, 0.29) is 5.91 Å². The van der Waals surface area contributed by atoms with Crippen LogP contribution in [0.25, 0.3) is 0 Å². The number of rotatable bonds is 1. The summed E-state index contributed by atoms with van der Waals surface area (Å²) < 4.78 is 0. The van der Waals surface area contributed by atoms with Crippen molar-refractivity contribution in [1.82, 2.24) is 5.32 Å². The number of halogens is 1. The summed E-state index contributed by atoms with van der Waals surface area (Å²) in [5, 5.41) is 17.2. The average Bonchev–Trinajstić information content (AvgIpc) is 2.19. The molecule has 14 heavy (non-hydrogen) atoms. The molecule has 0 heterocycles. The minimum Gasteiger partial charge on any atom is -0.430 e. The van der Waals surface area contributed by atoms with E-state index in [1.54, 1.807) is 31.3 Å². The standard InChI is InChI=1S/C8H8ClNO.BH3O2/c1-10-8(11)6-4-2-3-5-7(6)9;2-1-3/h2-5H,1H3,(H,10,11);1-3H. The number of nitrogens with one attached hydrogen (secondary N) is 1. The topological polar surface area (TPSA) is 69.6 Å². The summed E-state index contributed by atoms with van der Waals surface area (Å²) >= 11 is 5.74. The summed E-state index contributed by atoms with van der Waals surface area (Å²) in [7, 11) is 0.825. The lowest BCUT2D eigenvalue weighted by Crippen LogP contribution is -2.17. The van der Waals surface area contributed by atoms with Crippen LogP contribution in [-0.4, -0.2) is 30.7 Å². The van der Waals surface area contributed by atoms with Gasteiger partial charge in [0.2, 0.25) is 0 Å². The SMILES string of the molecule is CNC(=O)c1ccccc1Cl.OBO. The molecule has 0 bridgehead atoms. The van der Waals surface area contributed by atoms with Gasteiger partial charge in [0.1, 0.15) is 0 Å². The second kappa shape index (κ2) is 7.38. The van der Waals surface area contributed by atoms with E-state index in [4.69, 9.17) is 21.6 Å². The zero-order valence-corrected chi connectivity index (χ0v) is 8.45. The first kappa shape index (κ1) is 13.0. The van der Waals surface area contributed by atoms with Gasteiger partial charge in [-0.05, 0) is 12.1 Å². The smallest absolute Gasteiger partial charge is 0.430 e. The Labute approximate surface area is 87.8 Å². The normalized spacial score (nSPS) is 8.29. The van der Waals surface area contributed by atoms with Gasteiger partial charge in [-0.25, -0.2) is 0 Å². The van der Waals surface area contributed by atoms with Gasteiger partial charge in [-0.2, -0.15) is 0 Å². The molecular weight excluding hydrogens is 204 g/mol. The van der Waals surface area contributed by atoms with Crippen molar-refractivity contribution in [2.45, 2.75) is 0 Å². The van der Waals surface area contributed by atoms with E-state index in [1.807, 2.05) is 0 Å². The zero-order chi connectivity index (χ0) is 11.0. The molecule has 76 valence electrons. The van der Waals surface area contributed by atoms with Crippen molar-refractivity contribution in [1.29, 1.82) is 0 Å². The van der Waals surface area contributed by atoms with Crippen molar-refractivity contribution in [2.24, 2.45) is 0 Å². The molecule has 0 unspecified atom stereocenters. The van der Waals surface area contributed by atoms with Crippen LogP contribution in [0.3, 0.4) is 0 Å². The van der Waals surface area contributed by atoms with E-state index in [1.165, 1.54) is 0 Å². The monoisotopic (exact) mass is 215 g/mol. The van der Waals surface area contributed by atoms with E-state index >= 15 is 0 Å². The van der Waals surface area contributed by atoms with Crippen molar-refractivity contribution in [2.75, 3.05) is 7.05 Å². The fraction of sp³-hybridized carbons (Fsp3) is 0.125. The van der Waals surface area contributed by atoms with Crippen LogP contribution in [0.2, 0.25) is 5.02 Å². The summed E-state index contributed by atoms with van der Waals surface area (Å²) in [6, 6.07) is 6.93. The number of hydrogen-bond acceptors (Lipinski definition) is 3. The molecule has 4 nitrogen and oxygen atoms in total. The van der Waals surface area contributed by atoms with Gasteiger partial charge in [-0.1, -0.05) is 23.7 Å². The van der Waals surface area contributed by atoms with E-state index in [0.29, 0.717) is 10.6 Å². The summed E-state index contributed by atoms with van der Waals surface area (Å²) in [6.45, 7) is 0. The minimum atomic E-state index is -0.750. The minimum absolute atomic E-state index is 0.157. The van der Waals surface area contributed by atoms with Gasteiger partial charge in [-0.3, -0.25) is 4.79 Å². The molecule has 0 radical (unpaired) electrons. The Morgan fingerprint density at radius 2 is 1.93 bits per heavy atom. The molecule has 1 amide bonds. The molecule has 1 aromatic rings. The maximum atomic E-state index is 11.0. The Hall–Kier alpha value is -1.04. The van der Waals surface area contributed by atoms with Crippen LogP contribution in [-0.2, 0) is 0 Å². The highest BCUT2D eigenvalue weighted by Gasteiger charge is 2.05. The van der Waals surface area contributed by atoms with Gasteiger partial charge in [0.15, 0.2) is 0 Å². The number of carbonyl (C=O) groups is 1. The number of carbonyl (C=O) groups excluding carboxylic acids is 1. The average molecular weight is 215 g/mol. The lowest BCUT2D eigenvalue weighted by Gasteiger charge is -2.00. The molecule has 0 aliphatic heterocycles. The number of hydrogen-bond donors (Lipinski definition) is 3. The van der Waals surface area contributed by atoms with Crippen molar-refractivity contribution in [3.05, 3.63) is 34.9 Å². The summed E-state index contributed by atoms with van der Waals surface area (Å²) in [4.78, 5) is 11.0. The van der Waals surface area contributed by atoms with Crippen LogP contribution in [0.1, 0.15) is 10.4 Å². The molecule has 0 fully saturated rings. The first-order valence-corrected chi connectivity index (χ1v) is 4.23. The Balaban J connectivity index is 0.000000500. The highest BCUT2D eigenvalue weighted by molar-refractivity contribution is 6.33. The van der Waals surface area contributed by atoms with Crippen LogP contribution in [0, 0.1) is 0 Å². The van der Waals surface area contributed by atoms with Crippen LogP contribution >= 0.6 is 11.6 Å². The molecule has 1 rings (SSSR count). The number of amides is 1. The van der Waals surface area contributed by atoms with Gasteiger partial charge < -0.3 is 15.4 Å². The molecule has 0 aliphatic rings. The molecule has 1 aromatic carbocycles. The third-order valence-electron chi connectivity index (χ3n) is 1.35. The predicted molar refractivity (Wildman–Crippen MR) is 56.4 cm³/mol. The van der Waals surface area contributed by atoms with Crippen LogP contribution in [0.5, 0.6) is 0 Å². The maximum Gasteiger partial charge on any atom is 0.432 e. The maximum absolute atomic E-state index is 11.0. The molecule has 0 atom stereocenters. The van der Waals surface area contributed by atoms with Gasteiger partial charge in [0.25, 0.3) is 5.91 Å². The molecule has 0 aliphatic carbocycles. The van der Waals surface area contributed by atoms with E-state index in [9.17, 15) is 4.79 Å². The second-order valence-electron chi connectivity index (χ2n) is 2.20. The fourth-order valence-electron chi connectivity index (χ4n) is 0.780. The van der Waals surface area contributed by atoms with E-state index in [0.717, 1.165) is 0 Å². The zero-order valence-electron chi connectivity index (χ0n) is 7.70. The van der Waals surface area contributed by atoms with Gasteiger partial charge in [-0.15, -0.1) is 0 Å². The number of benzene rings is 1. The Kier molecular flexibility index (Phi) is 6.83. The molecule has 0 saturated carbocycles. The van der Waals surface area contributed by atoms with Crippen molar-refractivity contribution in [3.63, 3.8) is 0 Å². The summed E-state index contributed by atoms with van der Waals surface area (Å²) in [5.41, 5.74) is 0.511. The second-order valence-corrected chi connectivity index (χ2v) is 2.61. The molecule has 6 heteroatoms. The van der Waals surface area contributed by atoms with Crippen LogP contribution in [0.15, 0.2) is 24.3 Å². The fourth-order valence-corrected chi connectivity index (χ4v) is 1.00. The van der Waals surface area contributed by atoms with Crippen molar-refractivity contribution < 1.29 is 14.8 Å². The Morgan fingerprint density at radius 3 is 2.36 bits per heavy atom. The molecule has 0 saturated heterocycles. The molecular formula is C8H11BClNO3. The van der Waals surface area contributed by atoms with Gasteiger partial charge >= 0.3 is 7.69 Å². The first-order valence-electron chi connectivity index (χ1n) is 3.85. The van der Waals surface area contributed by atoms with Crippen molar-refractivity contribution in [3.8, 4) is 0 Å². The Bertz CT molecular complexity index is 296. The van der Waals surface area contributed by atoms with Crippen LogP contribution in [0.4, 0.5) is 0 Å². The first-order chi connectivity index (χ1) is 6.67. The quantitative estimate of drug-likeness (QED) is 0.575.